The van der Waals surface area contributed by atoms with Crippen molar-refractivity contribution < 1.29 is 5.11 Å². The monoisotopic (exact) mass is 321 g/mol. The van der Waals surface area contributed by atoms with Crippen molar-refractivity contribution in [2.75, 3.05) is 6.54 Å². The fraction of sp³-hybridized carbons (Fsp3) is 0.294. The largest absolute Gasteiger partial charge is 0.388 e. The second-order valence-corrected chi connectivity index (χ2v) is 6.21. The van der Waals surface area contributed by atoms with E-state index >= 15 is 0 Å². The highest BCUT2D eigenvalue weighted by Crippen LogP contribution is 2.32. The highest BCUT2D eigenvalue weighted by atomic mass is 35.5. The van der Waals surface area contributed by atoms with Crippen LogP contribution in [0.5, 0.6) is 0 Å². The standard InChI is InChI=1S/C17H17Cl2NO/c18-15-7-3-6-14(17(15)19)16(21)8-9-20-10-12-4-1-2-5-13(12)11-20/h1-7,16,21H,8-11H2. The summed E-state index contributed by atoms with van der Waals surface area (Å²) in [7, 11) is 0. The maximum Gasteiger partial charge on any atom is 0.0817 e. The molecule has 0 aromatic heterocycles. The molecule has 1 N–H and O–H groups in total. The molecule has 3 rings (SSSR count). The summed E-state index contributed by atoms with van der Waals surface area (Å²) in [6, 6.07) is 13.9. The number of aliphatic hydroxyl groups excluding tert-OH is 1. The highest BCUT2D eigenvalue weighted by molar-refractivity contribution is 6.42. The molecule has 0 saturated carbocycles. The number of rotatable bonds is 4. The first-order valence-corrected chi connectivity index (χ1v) is 7.82. The summed E-state index contributed by atoms with van der Waals surface area (Å²) in [6.07, 6.45) is 0.0635. The molecule has 0 bridgehead atoms. The van der Waals surface area contributed by atoms with Crippen LogP contribution in [0.15, 0.2) is 42.5 Å². The lowest BCUT2D eigenvalue weighted by Gasteiger charge is -2.18. The minimum atomic E-state index is -0.583. The van der Waals surface area contributed by atoms with E-state index in [-0.39, 0.29) is 0 Å². The van der Waals surface area contributed by atoms with E-state index < -0.39 is 6.10 Å². The van der Waals surface area contributed by atoms with E-state index in [4.69, 9.17) is 23.2 Å². The summed E-state index contributed by atoms with van der Waals surface area (Å²) < 4.78 is 0. The summed E-state index contributed by atoms with van der Waals surface area (Å²) >= 11 is 12.1. The molecule has 0 radical (unpaired) electrons. The van der Waals surface area contributed by atoms with Crippen LogP contribution in [0.2, 0.25) is 10.0 Å². The molecule has 0 aliphatic carbocycles. The van der Waals surface area contributed by atoms with Gasteiger partial charge in [0.15, 0.2) is 0 Å². The zero-order valence-corrected chi connectivity index (χ0v) is 13.1. The molecule has 2 aromatic carbocycles. The molecular weight excluding hydrogens is 305 g/mol. The van der Waals surface area contributed by atoms with E-state index in [0.29, 0.717) is 22.0 Å². The summed E-state index contributed by atoms with van der Waals surface area (Å²) in [5.41, 5.74) is 3.47. The van der Waals surface area contributed by atoms with Crippen LogP contribution in [-0.4, -0.2) is 16.6 Å². The van der Waals surface area contributed by atoms with Gasteiger partial charge in [0, 0.05) is 25.2 Å². The Bertz CT molecular complexity index is 619. The Balaban J connectivity index is 1.60. The maximum atomic E-state index is 10.3. The van der Waals surface area contributed by atoms with Crippen LogP contribution in [0, 0.1) is 0 Å². The van der Waals surface area contributed by atoms with Crippen LogP contribution in [0.1, 0.15) is 29.2 Å². The highest BCUT2D eigenvalue weighted by Gasteiger charge is 2.20. The Labute approximate surface area is 134 Å². The van der Waals surface area contributed by atoms with E-state index in [2.05, 4.69) is 29.2 Å². The normalized spacial score (nSPS) is 16.0. The van der Waals surface area contributed by atoms with Crippen LogP contribution < -0.4 is 0 Å². The van der Waals surface area contributed by atoms with Gasteiger partial charge in [-0.05, 0) is 23.6 Å². The van der Waals surface area contributed by atoms with Crippen molar-refractivity contribution in [3.8, 4) is 0 Å². The van der Waals surface area contributed by atoms with Gasteiger partial charge in [0.05, 0.1) is 16.1 Å². The van der Waals surface area contributed by atoms with Gasteiger partial charge in [0.25, 0.3) is 0 Å². The van der Waals surface area contributed by atoms with Gasteiger partial charge in [-0.15, -0.1) is 0 Å². The second kappa shape index (κ2) is 6.37. The molecule has 1 aliphatic rings. The van der Waals surface area contributed by atoms with Crippen LogP contribution in [0.3, 0.4) is 0 Å². The molecule has 110 valence electrons. The number of nitrogens with zero attached hydrogens (tertiary/aromatic N) is 1. The van der Waals surface area contributed by atoms with Crippen LogP contribution in [0.4, 0.5) is 0 Å². The summed E-state index contributed by atoms with van der Waals surface area (Å²) in [6.45, 7) is 2.73. The van der Waals surface area contributed by atoms with E-state index in [1.807, 2.05) is 12.1 Å². The van der Waals surface area contributed by atoms with Gasteiger partial charge in [-0.2, -0.15) is 0 Å². The minimum absolute atomic E-state index is 0.455. The average Bonchev–Trinajstić information content (AvgIpc) is 2.90. The van der Waals surface area contributed by atoms with Crippen LogP contribution in [0.25, 0.3) is 0 Å². The second-order valence-electron chi connectivity index (χ2n) is 5.43. The molecule has 2 nitrogen and oxygen atoms in total. The Morgan fingerprint density at radius 2 is 1.67 bits per heavy atom. The summed E-state index contributed by atoms with van der Waals surface area (Å²) in [5, 5.41) is 11.3. The Morgan fingerprint density at radius 1 is 1.00 bits per heavy atom. The van der Waals surface area contributed by atoms with Crippen molar-refractivity contribution >= 4 is 23.2 Å². The van der Waals surface area contributed by atoms with Gasteiger partial charge in [0.1, 0.15) is 0 Å². The Morgan fingerprint density at radius 3 is 2.33 bits per heavy atom. The fourth-order valence-electron chi connectivity index (χ4n) is 2.80. The fourth-order valence-corrected chi connectivity index (χ4v) is 3.23. The van der Waals surface area contributed by atoms with E-state index in [1.165, 1.54) is 11.1 Å². The third-order valence-electron chi connectivity index (χ3n) is 3.97. The minimum Gasteiger partial charge on any atom is -0.388 e. The SMILES string of the molecule is OC(CCN1Cc2ccccc2C1)c1cccc(Cl)c1Cl. The molecule has 1 atom stereocenters. The third-order valence-corrected chi connectivity index (χ3v) is 4.80. The smallest absolute Gasteiger partial charge is 0.0817 e. The molecular formula is C17H17Cl2NO. The topological polar surface area (TPSA) is 23.5 Å². The lowest BCUT2D eigenvalue weighted by Crippen LogP contribution is -2.19. The van der Waals surface area contributed by atoms with E-state index in [9.17, 15) is 5.11 Å². The molecule has 0 amide bonds. The third kappa shape index (κ3) is 3.24. The molecule has 1 aliphatic heterocycles. The van der Waals surface area contributed by atoms with E-state index in [0.717, 1.165) is 19.6 Å². The predicted molar refractivity (Wildman–Crippen MR) is 86.6 cm³/mol. The van der Waals surface area contributed by atoms with Crippen molar-refractivity contribution in [2.45, 2.75) is 25.6 Å². The van der Waals surface area contributed by atoms with Crippen molar-refractivity contribution in [3.63, 3.8) is 0 Å². The Kier molecular flexibility index (Phi) is 4.51. The quantitative estimate of drug-likeness (QED) is 0.900. The van der Waals surface area contributed by atoms with Crippen LogP contribution >= 0.6 is 23.2 Å². The van der Waals surface area contributed by atoms with Gasteiger partial charge >= 0.3 is 0 Å². The molecule has 0 spiro atoms. The average molecular weight is 322 g/mol. The van der Waals surface area contributed by atoms with Crippen molar-refractivity contribution in [3.05, 3.63) is 69.2 Å². The first kappa shape index (κ1) is 14.9. The number of hydrogen-bond donors (Lipinski definition) is 1. The van der Waals surface area contributed by atoms with Gasteiger partial charge in [0.2, 0.25) is 0 Å². The van der Waals surface area contributed by atoms with Crippen LogP contribution in [-0.2, 0) is 13.1 Å². The van der Waals surface area contributed by atoms with Gasteiger partial charge in [-0.1, -0.05) is 59.6 Å². The van der Waals surface area contributed by atoms with E-state index in [1.54, 1.807) is 6.07 Å². The number of halogens is 2. The summed E-state index contributed by atoms with van der Waals surface area (Å²) in [5.74, 6) is 0. The summed E-state index contributed by atoms with van der Waals surface area (Å²) in [4.78, 5) is 2.34. The number of aliphatic hydroxyl groups is 1. The molecule has 4 heteroatoms. The first-order valence-electron chi connectivity index (χ1n) is 7.06. The van der Waals surface area contributed by atoms with Gasteiger partial charge in [-0.25, -0.2) is 0 Å². The maximum absolute atomic E-state index is 10.3. The van der Waals surface area contributed by atoms with Crippen molar-refractivity contribution in [1.29, 1.82) is 0 Å². The Hall–Kier alpha value is -1.06. The molecule has 0 saturated heterocycles. The lowest BCUT2D eigenvalue weighted by molar-refractivity contribution is 0.141. The predicted octanol–water partition coefficient (Wildman–Crippen LogP) is 4.43. The number of fused-ring (bicyclic) bond motifs is 1. The first-order chi connectivity index (χ1) is 10.1. The zero-order valence-electron chi connectivity index (χ0n) is 11.6. The number of benzene rings is 2. The zero-order chi connectivity index (χ0) is 14.8. The lowest BCUT2D eigenvalue weighted by atomic mass is 10.1. The van der Waals surface area contributed by atoms with Crippen molar-refractivity contribution in [2.24, 2.45) is 0 Å². The number of hydrogen-bond acceptors (Lipinski definition) is 2. The molecule has 1 unspecified atom stereocenters. The van der Waals surface area contributed by atoms with Gasteiger partial charge in [-0.3, -0.25) is 4.90 Å². The van der Waals surface area contributed by atoms with Crippen molar-refractivity contribution in [1.82, 2.24) is 4.90 Å². The molecule has 1 heterocycles. The molecule has 21 heavy (non-hydrogen) atoms. The molecule has 0 fully saturated rings. The van der Waals surface area contributed by atoms with Gasteiger partial charge < -0.3 is 5.11 Å². The molecule has 2 aromatic rings.